The zero-order valence-corrected chi connectivity index (χ0v) is 56.2. The Morgan fingerprint density at radius 1 is 0.281 bits per heavy atom. The fraction of sp³-hybridized carbons (Fsp3) is 1.00. The molecule has 36 N–H and O–H groups in total. The monoisotopic (exact) mass is 1470 g/mol. The number of nitrogens with two attached hydrogens (primary N) is 12. The Labute approximate surface area is 571 Å². The molecule has 8 fully saturated rings. The Morgan fingerprint density at radius 3 is 0.833 bits per heavy atom. The zero-order chi connectivity index (χ0) is 70.0. The van der Waals surface area contributed by atoms with Gasteiger partial charge >= 0.3 is 0 Å². The van der Waals surface area contributed by atoms with Crippen molar-refractivity contribution in [1.29, 1.82) is 0 Å². The van der Waals surface area contributed by atoms with Crippen LogP contribution in [-0.4, -0.2) is 381 Å². The lowest BCUT2D eigenvalue weighted by Gasteiger charge is -2.47. The number of hydrogen-bond acceptors (Lipinski definition) is 42. The predicted octanol–water partition coefficient (Wildman–Crippen LogP) is -13.9. The molecule has 2 aliphatic carbocycles. The molecule has 2 unspecified atom stereocenters. The van der Waals surface area contributed by atoms with Gasteiger partial charge in [-0.3, -0.25) is 0 Å². The van der Waals surface area contributed by atoms with Crippen LogP contribution in [0.2, 0.25) is 0 Å². The normalized spacial score (nSPS) is 48.8. The SMILES string of the molecule is NCC1O[C@H](O[C@H]2[C@@H](O)[C@H](O[C@H]3[C@H](O)[C@@H](N)C[C@@H](N)[C@@H]3O[C@H]3O[C@H](CN)[C@@H](O)[C@H](O)[C@H]3N)O[C@@H]2CSCCOCCSSCCOCCSC[C@H]2O[C@@H](O[C@H]3[C@H](O)[C@@H](N)C[C@@H](N)[C@@H]3O[C@H]3O[C@H](CN)[C@@H](O)[C@H](O)[C@H]3N)[C@H](O)[C@@H]2O[C@@H]2OC(CN)[C@H](O)[C@@H](O)[C@@H]2N)[C@H](N)[C@@H](O)[C@@H]1O. The summed E-state index contributed by atoms with van der Waals surface area (Å²) in [4.78, 5) is 0. The number of ether oxygens (including phenoxy) is 14. The molecule has 0 radical (unpaired) electrons. The lowest BCUT2D eigenvalue weighted by atomic mass is 9.84. The summed E-state index contributed by atoms with van der Waals surface area (Å²) >= 11 is 2.81. The third-order valence-corrected chi connectivity index (χ3v) is 22.8. The van der Waals surface area contributed by atoms with Gasteiger partial charge in [-0.15, -0.1) is 0 Å². The molecule has 2 saturated carbocycles. The molecule has 38 nitrogen and oxygen atoms in total. The van der Waals surface area contributed by atoms with E-state index in [-0.39, 0.29) is 50.5 Å². The van der Waals surface area contributed by atoms with E-state index in [1.54, 1.807) is 21.6 Å². The van der Waals surface area contributed by atoms with Crippen LogP contribution in [0.4, 0.5) is 0 Å². The van der Waals surface area contributed by atoms with Crippen LogP contribution in [0.1, 0.15) is 12.8 Å². The third kappa shape index (κ3) is 19.7. The van der Waals surface area contributed by atoms with E-state index in [2.05, 4.69) is 0 Å². The second-order valence-corrected chi connectivity index (χ2v) is 30.1. The molecule has 38 atom stereocenters. The fourth-order valence-corrected chi connectivity index (χ4v) is 16.1. The van der Waals surface area contributed by atoms with Gasteiger partial charge in [-0.2, -0.15) is 23.5 Å². The molecule has 0 spiro atoms. The van der Waals surface area contributed by atoms with Gasteiger partial charge in [0.15, 0.2) is 37.7 Å². The largest absolute Gasteiger partial charge is 0.389 e. The van der Waals surface area contributed by atoms with Crippen LogP contribution in [-0.2, 0) is 66.3 Å². The standard InChI is InChI=1S/C54H106N12O26S4/c55-11-21-33(69)37(73)27(63)49(81-21)87-43-19(61)9-17(59)31(67)47(43)91-53-41(77)45(89-51-29(65)39(75)35(71)23(13-57)83-51)25(85-53)15-93-5-1-79-3-7-95-96-8-4-80-2-6-94-16-26-46(90-52-30(66)40(76)36(72)24(14-58)84-52)42(78)54(86-26)92-48-32(68)18(60)10-20(62)44(48)88-50-28(64)38(74)34(70)22(12-56)82-50/h17-54,67-78H,1-16,55-66H2/t17-,18-,19+,20+,21+,22+,23?,24?,25+,26+,27+,28+,29-,30+,31+,32+,33+,34+,35-,36+,37+,38+,39-,40+,41+,42+,43-,44-,45+,46+,47-,48-,49+,50+,51-,52+,53-,54-/m0/s1. The van der Waals surface area contributed by atoms with E-state index in [0.717, 1.165) is 0 Å². The molecular formula is C54H106N12O26S4. The highest BCUT2D eigenvalue weighted by atomic mass is 33.1. The van der Waals surface area contributed by atoms with Crippen LogP contribution in [0.5, 0.6) is 0 Å². The van der Waals surface area contributed by atoms with Gasteiger partial charge in [0.25, 0.3) is 0 Å². The summed E-state index contributed by atoms with van der Waals surface area (Å²) in [6.07, 6.45) is -39.8. The minimum atomic E-state index is -1.59. The van der Waals surface area contributed by atoms with Crippen molar-refractivity contribution in [2.75, 3.05) is 87.1 Å². The highest BCUT2D eigenvalue weighted by molar-refractivity contribution is 8.76. The first-order valence-corrected chi connectivity index (χ1v) is 37.0. The van der Waals surface area contributed by atoms with Gasteiger partial charge in [0, 0.05) is 84.9 Å². The third-order valence-electron chi connectivity index (χ3n) is 18.4. The van der Waals surface area contributed by atoms with Crippen molar-refractivity contribution < 1.29 is 128 Å². The molecule has 8 rings (SSSR count). The van der Waals surface area contributed by atoms with Crippen LogP contribution in [0.3, 0.4) is 0 Å². The Kier molecular flexibility index (Phi) is 32.5. The minimum absolute atomic E-state index is 0.0588. The smallest absolute Gasteiger partial charge is 0.187 e. The number of rotatable bonds is 33. The average Bonchev–Trinajstić information content (AvgIpc) is 1.48. The van der Waals surface area contributed by atoms with Crippen molar-refractivity contribution in [3.05, 3.63) is 0 Å². The summed E-state index contributed by atoms with van der Waals surface area (Å²) in [7, 11) is 3.18. The van der Waals surface area contributed by atoms with E-state index in [0.29, 0.717) is 49.4 Å². The topological polar surface area (TPSA) is 684 Å². The van der Waals surface area contributed by atoms with Crippen molar-refractivity contribution in [3.8, 4) is 0 Å². The number of hydrogen-bond donors (Lipinski definition) is 24. The van der Waals surface area contributed by atoms with E-state index in [1.807, 2.05) is 0 Å². The van der Waals surface area contributed by atoms with E-state index in [1.165, 1.54) is 23.5 Å². The van der Waals surface area contributed by atoms with Gasteiger partial charge in [0.05, 0.1) is 75.0 Å². The molecule has 0 aromatic carbocycles. The van der Waals surface area contributed by atoms with Gasteiger partial charge in [-0.25, -0.2) is 0 Å². The average molecular weight is 1470 g/mol. The Balaban J connectivity index is 0.772. The molecule has 6 heterocycles. The summed E-state index contributed by atoms with van der Waals surface area (Å²) < 4.78 is 85.0. The van der Waals surface area contributed by atoms with Gasteiger partial charge in [0.1, 0.15) is 122 Å². The highest BCUT2D eigenvalue weighted by Crippen LogP contribution is 2.39. The molecule has 0 bridgehead atoms. The summed E-state index contributed by atoms with van der Waals surface area (Å²) in [5, 5.41) is 131. The molecule has 6 aliphatic heterocycles. The van der Waals surface area contributed by atoms with Crippen LogP contribution in [0.15, 0.2) is 0 Å². The molecule has 0 aromatic rings. The van der Waals surface area contributed by atoms with Gasteiger partial charge < -0.3 is 196 Å². The second kappa shape index (κ2) is 38.2. The minimum Gasteiger partial charge on any atom is -0.389 e. The molecule has 0 amide bonds. The summed E-state index contributed by atoms with van der Waals surface area (Å²) in [6.45, 7) is 0.744. The van der Waals surface area contributed by atoms with Crippen molar-refractivity contribution in [2.45, 2.75) is 245 Å². The quantitative estimate of drug-likeness (QED) is 0.0214. The maximum absolute atomic E-state index is 11.9. The lowest BCUT2D eigenvalue weighted by Crippen LogP contribution is -2.68. The van der Waals surface area contributed by atoms with E-state index >= 15 is 0 Å². The Bertz CT molecular complexity index is 2130. The van der Waals surface area contributed by atoms with Gasteiger partial charge in [-0.1, -0.05) is 21.6 Å². The fourth-order valence-electron chi connectivity index (χ4n) is 12.6. The number of aliphatic hydroxyl groups excluding tert-OH is 12. The van der Waals surface area contributed by atoms with E-state index in [9.17, 15) is 61.3 Å². The van der Waals surface area contributed by atoms with Crippen molar-refractivity contribution in [1.82, 2.24) is 0 Å². The number of aliphatic hydroxyl groups is 12. The van der Waals surface area contributed by atoms with Crippen LogP contribution < -0.4 is 68.8 Å². The van der Waals surface area contributed by atoms with E-state index in [4.69, 9.17) is 135 Å². The molecule has 6 saturated heterocycles. The molecule has 8 aliphatic rings. The molecule has 96 heavy (non-hydrogen) atoms. The van der Waals surface area contributed by atoms with Crippen LogP contribution in [0, 0.1) is 0 Å². The maximum atomic E-state index is 11.9. The molecular weight excluding hydrogens is 1360 g/mol. The number of thioether (sulfide) groups is 2. The van der Waals surface area contributed by atoms with E-state index < -0.39 is 233 Å². The Morgan fingerprint density at radius 2 is 0.542 bits per heavy atom. The summed E-state index contributed by atoms with van der Waals surface area (Å²) in [5.41, 5.74) is 73.7. The summed E-state index contributed by atoms with van der Waals surface area (Å²) in [5.74, 6) is 2.64. The Hall–Kier alpha value is -0.120. The molecule has 0 aromatic heterocycles. The molecule has 42 heteroatoms. The van der Waals surface area contributed by atoms with Crippen molar-refractivity contribution >= 4 is 45.1 Å². The highest BCUT2D eigenvalue weighted by Gasteiger charge is 2.57. The lowest BCUT2D eigenvalue weighted by molar-refractivity contribution is -0.306. The summed E-state index contributed by atoms with van der Waals surface area (Å²) in [6, 6.07) is -8.71. The molecule has 562 valence electrons. The van der Waals surface area contributed by atoms with Crippen molar-refractivity contribution in [2.24, 2.45) is 68.8 Å². The first-order chi connectivity index (χ1) is 45.8. The van der Waals surface area contributed by atoms with Crippen LogP contribution in [0.25, 0.3) is 0 Å². The van der Waals surface area contributed by atoms with Gasteiger partial charge in [-0.05, 0) is 12.8 Å². The predicted molar refractivity (Wildman–Crippen MR) is 344 cm³/mol. The first kappa shape index (κ1) is 81.5. The second-order valence-electron chi connectivity index (χ2n) is 25.1. The zero-order valence-electron chi connectivity index (χ0n) is 52.9. The van der Waals surface area contributed by atoms with Gasteiger partial charge in [0.2, 0.25) is 0 Å². The first-order valence-electron chi connectivity index (χ1n) is 32.2. The van der Waals surface area contributed by atoms with Crippen LogP contribution >= 0.6 is 45.1 Å². The van der Waals surface area contributed by atoms with Crippen molar-refractivity contribution in [3.63, 3.8) is 0 Å². The maximum Gasteiger partial charge on any atom is 0.187 e.